The molecule has 0 aliphatic heterocycles. The summed E-state index contributed by atoms with van der Waals surface area (Å²) < 4.78 is 1.87. The van der Waals surface area contributed by atoms with Crippen molar-refractivity contribution in [2.24, 2.45) is 0 Å². The van der Waals surface area contributed by atoms with Crippen LogP contribution >= 0.6 is 0 Å². The maximum absolute atomic E-state index is 12.5. The van der Waals surface area contributed by atoms with Crippen LogP contribution in [0.15, 0.2) is 54.9 Å². The molecule has 4 nitrogen and oxygen atoms in total. The number of rotatable bonds is 3. The molecule has 0 atom stereocenters. The van der Waals surface area contributed by atoms with Crippen LogP contribution in [0.25, 0.3) is 5.65 Å². The van der Waals surface area contributed by atoms with Crippen LogP contribution in [0.1, 0.15) is 21.6 Å². The highest BCUT2D eigenvalue weighted by Crippen LogP contribution is 2.11. The van der Waals surface area contributed by atoms with Crippen molar-refractivity contribution in [3.8, 4) is 0 Å². The molecule has 0 spiro atoms. The zero-order chi connectivity index (χ0) is 14.8. The monoisotopic (exact) mass is 279 g/mol. The van der Waals surface area contributed by atoms with Gasteiger partial charge in [0.25, 0.3) is 5.91 Å². The van der Waals surface area contributed by atoms with E-state index in [0.29, 0.717) is 12.2 Å². The highest BCUT2D eigenvalue weighted by Gasteiger charge is 2.15. The average Bonchev–Trinajstić information content (AvgIpc) is 2.90. The minimum atomic E-state index is -0.0693. The smallest absolute Gasteiger partial charge is 0.274 e. The number of carbonyl (C=O) groups excluding carboxylic acids is 1. The Kier molecular flexibility index (Phi) is 3.44. The van der Waals surface area contributed by atoms with Gasteiger partial charge >= 0.3 is 0 Å². The van der Waals surface area contributed by atoms with Crippen LogP contribution < -0.4 is 0 Å². The zero-order valence-corrected chi connectivity index (χ0v) is 12.2. The first-order valence-corrected chi connectivity index (χ1v) is 6.88. The summed E-state index contributed by atoms with van der Waals surface area (Å²) in [5.41, 5.74) is 3.50. The summed E-state index contributed by atoms with van der Waals surface area (Å²) in [4.78, 5) is 18.5. The Morgan fingerprint density at radius 1 is 1.24 bits per heavy atom. The van der Waals surface area contributed by atoms with Crippen LogP contribution in [-0.4, -0.2) is 27.2 Å². The van der Waals surface area contributed by atoms with Crippen molar-refractivity contribution < 1.29 is 4.79 Å². The van der Waals surface area contributed by atoms with E-state index in [9.17, 15) is 4.79 Å². The topological polar surface area (TPSA) is 37.6 Å². The fraction of sp³-hybridized carbons (Fsp3) is 0.176. The first-order valence-electron chi connectivity index (χ1n) is 6.88. The predicted octanol–water partition coefficient (Wildman–Crippen LogP) is 2.91. The summed E-state index contributed by atoms with van der Waals surface area (Å²) in [6, 6.07) is 13.9. The molecule has 1 aromatic carbocycles. The molecule has 2 aromatic heterocycles. The highest BCUT2D eigenvalue weighted by molar-refractivity contribution is 5.92. The van der Waals surface area contributed by atoms with Crippen LogP contribution in [0.4, 0.5) is 0 Å². The Morgan fingerprint density at radius 2 is 2.00 bits per heavy atom. The summed E-state index contributed by atoms with van der Waals surface area (Å²) in [6.45, 7) is 2.59. The Balaban J connectivity index is 1.82. The van der Waals surface area contributed by atoms with E-state index in [4.69, 9.17) is 0 Å². The van der Waals surface area contributed by atoms with Gasteiger partial charge in [-0.1, -0.05) is 30.3 Å². The number of hydrogen-bond donors (Lipinski definition) is 0. The van der Waals surface area contributed by atoms with E-state index < -0.39 is 0 Å². The number of amides is 1. The summed E-state index contributed by atoms with van der Waals surface area (Å²) in [5, 5.41) is 0. The molecule has 0 saturated heterocycles. The molecule has 2 heterocycles. The molecule has 3 aromatic rings. The van der Waals surface area contributed by atoms with Crippen LogP contribution in [0.3, 0.4) is 0 Å². The number of nitrogens with zero attached hydrogens (tertiary/aromatic N) is 3. The van der Waals surface area contributed by atoms with Gasteiger partial charge in [0.05, 0.1) is 0 Å². The minimum absolute atomic E-state index is 0.0693. The third-order valence-corrected chi connectivity index (χ3v) is 3.44. The molecule has 0 fully saturated rings. The van der Waals surface area contributed by atoms with Gasteiger partial charge in [-0.3, -0.25) is 4.79 Å². The normalized spacial score (nSPS) is 10.8. The second-order valence-electron chi connectivity index (χ2n) is 5.24. The lowest BCUT2D eigenvalue weighted by atomic mass is 10.2. The molecule has 21 heavy (non-hydrogen) atoms. The van der Waals surface area contributed by atoms with Crippen molar-refractivity contribution >= 4 is 11.6 Å². The number of benzene rings is 1. The summed E-state index contributed by atoms with van der Waals surface area (Å²) >= 11 is 0. The highest BCUT2D eigenvalue weighted by atomic mass is 16.2. The number of imidazole rings is 1. The molecule has 106 valence electrons. The fourth-order valence-corrected chi connectivity index (χ4v) is 2.31. The largest absolute Gasteiger partial charge is 0.336 e. The molecule has 0 aliphatic carbocycles. The van der Waals surface area contributed by atoms with E-state index in [1.54, 1.807) is 18.1 Å². The Hall–Kier alpha value is -2.62. The van der Waals surface area contributed by atoms with Gasteiger partial charge < -0.3 is 9.30 Å². The molecular weight excluding hydrogens is 262 g/mol. The SMILES string of the molecule is Cc1ccn2cc(C(=O)N(C)Cc3ccccc3)nc2c1. The van der Waals surface area contributed by atoms with Gasteiger partial charge in [-0.15, -0.1) is 0 Å². The third-order valence-electron chi connectivity index (χ3n) is 3.44. The molecule has 3 rings (SSSR count). The third kappa shape index (κ3) is 2.79. The molecule has 4 heteroatoms. The lowest BCUT2D eigenvalue weighted by Gasteiger charge is -2.15. The van der Waals surface area contributed by atoms with Crippen molar-refractivity contribution in [3.63, 3.8) is 0 Å². The van der Waals surface area contributed by atoms with E-state index in [1.165, 1.54) is 0 Å². The molecule has 0 saturated carbocycles. The van der Waals surface area contributed by atoms with Gasteiger partial charge in [0, 0.05) is 26.0 Å². The summed E-state index contributed by atoms with van der Waals surface area (Å²) in [5.74, 6) is -0.0693. The van der Waals surface area contributed by atoms with Crippen molar-refractivity contribution in [2.45, 2.75) is 13.5 Å². The van der Waals surface area contributed by atoms with Crippen molar-refractivity contribution in [3.05, 3.63) is 71.7 Å². The molecule has 0 radical (unpaired) electrons. The zero-order valence-electron chi connectivity index (χ0n) is 12.2. The summed E-state index contributed by atoms with van der Waals surface area (Å²) in [7, 11) is 1.80. The van der Waals surface area contributed by atoms with Crippen LogP contribution in [0, 0.1) is 6.92 Å². The Bertz CT molecular complexity index is 777. The number of aryl methyl sites for hydroxylation is 1. The van der Waals surface area contributed by atoms with Crippen molar-refractivity contribution in [1.29, 1.82) is 0 Å². The number of pyridine rings is 1. The van der Waals surface area contributed by atoms with Crippen LogP contribution in [0.2, 0.25) is 0 Å². The maximum atomic E-state index is 12.5. The van der Waals surface area contributed by atoms with Crippen molar-refractivity contribution in [2.75, 3.05) is 7.05 Å². The molecular formula is C17H17N3O. The molecule has 1 amide bonds. The molecule has 0 aliphatic rings. The van der Waals surface area contributed by atoms with E-state index in [0.717, 1.165) is 16.8 Å². The fourth-order valence-electron chi connectivity index (χ4n) is 2.31. The lowest BCUT2D eigenvalue weighted by Crippen LogP contribution is -2.26. The minimum Gasteiger partial charge on any atom is -0.336 e. The van der Waals surface area contributed by atoms with E-state index in [2.05, 4.69) is 4.98 Å². The number of aromatic nitrogens is 2. The standard InChI is InChI=1S/C17H17N3O/c1-13-8-9-20-12-15(18-16(20)10-13)17(21)19(2)11-14-6-4-3-5-7-14/h3-10,12H,11H2,1-2H3. The van der Waals surface area contributed by atoms with Gasteiger partial charge in [0.1, 0.15) is 11.3 Å². The van der Waals surface area contributed by atoms with Crippen LogP contribution in [0.5, 0.6) is 0 Å². The van der Waals surface area contributed by atoms with Gasteiger partial charge in [-0.25, -0.2) is 4.98 Å². The van der Waals surface area contributed by atoms with E-state index in [-0.39, 0.29) is 5.91 Å². The Labute approximate surface area is 123 Å². The second kappa shape index (κ2) is 5.40. The van der Waals surface area contributed by atoms with Crippen LogP contribution in [-0.2, 0) is 6.54 Å². The first-order chi connectivity index (χ1) is 10.1. The van der Waals surface area contributed by atoms with E-state index in [1.807, 2.05) is 60.0 Å². The Morgan fingerprint density at radius 3 is 2.76 bits per heavy atom. The van der Waals surface area contributed by atoms with Gasteiger partial charge in [0.15, 0.2) is 0 Å². The quantitative estimate of drug-likeness (QED) is 0.739. The average molecular weight is 279 g/mol. The lowest BCUT2D eigenvalue weighted by molar-refractivity contribution is 0.0780. The predicted molar refractivity (Wildman–Crippen MR) is 82.2 cm³/mol. The number of carbonyl (C=O) groups is 1. The molecule has 0 unspecified atom stereocenters. The maximum Gasteiger partial charge on any atom is 0.274 e. The number of fused-ring (bicyclic) bond motifs is 1. The van der Waals surface area contributed by atoms with Gasteiger partial charge in [-0.2, -0.15) is 0 Å². The second-order valence-corrected chi connectivity index (χ2v) is 5.24. The molecule has 0 N–H and O–H groups in total. The van der Waals surface area contributed by atoms with E-state index >= 15 is 0 Å². The molecule has 0 bridgehead atoms. The summed E-state index contributed by atoms with van der Waals surface area (Å²) in [6.07, 6.45) is 3.70. The van der Waals surface area contributed by atoms with Crippen molar-refractivity contribution in [1.82, 2.24) is 14.3 Å². The van der Waals surface area contributed by atoms with Gasteiger partial charge in [-0.05, 0) is 30.2 Å². The number of hydrogen-bond acceptors (Lipinski definition) is 2. The first kappa shape index (κ1) is 13.4. The van der Waals surface area contributed by atoms with Gasteiger partial charge in [0.2, 0.25) is 0 Å².